The minimum Gasteiger partial charge on any atom is -0.446 e. The highest BCUT2D eigenvalue weighted by atomic mass is 16.5. The van der Waals surface area contributed by atoms with E-state index in [1.54, 1.807) is 6.07 Å². The van der Waals surface area contributed by atoms with Gasteiger partial charge in [0.15, 0.2) is 11.7 Å². The monoisotopic (exact) mass is 332 g/mol. The smallest absolute Gasteiger partial charge is 0.217 e. The van der Waals surface area contributed by atoms with Gasteiger partial charge in [0, 0.05) is 17.7 Å². The molecule has 2 aliphatic rings. The average Bonchev–Trinajstić information content (AvgIpc) is 2.95. The van der Waals surface area contributed by atoms with Crippen molar-refractivity contribution in [2.24, 2.45) is 0 Å². The summed E-state index contributed by atoms with van der Waals surface area (Å²) in [6.45, 7) is 2.24. The van der Waals surface area contributed by atoms with Gasteiger partial charge in [-0.3, -0.25) is 4.79 Å². The second kappa shape index (κ2) is 6.17. The zero-order valence-corrected chi connectivity index (χ0v) is 13.7. The van der Waals surface area contributed by atoms with E-state index in [0.29, 0.717) is 29.1 Å². The molecule has 0 fully saturated rings. The average molecular weight is 332 g/mol. The lowest BCUT2D eigenvalue weighted by atomic mass is 9.82. The zero-order valence-electron chi connectivity index (χ0n) is 13.7. The first-order valence-electron chi connectivity index (χ1n) is 8.24. The second-order valence-corrected chi connectivity index (χ2v) is 5.95. The van der Waals surface area contributed by atoms with Crippen LogP contribution in [0.2, 0.25) is 0 Å². The van der Waals surface area contributed by atoms with E-state index < -0.39 is 12.0 Å². The first-order chi connectivity index (χ1) is 12.3. The fraction of sp³-hybridized carbons (Fsp3) is 0.190. The van der Waals surface area contributed by atoms with Gasteiger partial charge in [-0.15, -0.1) is 0 Å². The maximum Gasteiger partial charge on any atom is 0.217 e. The molecule has 124 valence electrons. The maximum atomic E-state index is 13.1. The first-order valence-corrected chi connectivity index (χ1v) is 8.24. The number of ketones is 1. The van der Waals surface area contributed by atoms with Crippen LogP contribution in [-0.4, -0.2) is 24.4 Å². The molecule has 0 saturated heterocycles. The summed E-state index contributed by atoms with van der Waals surface area (Å²) >= 11 is 0. The number of fused-ring (bicyclic) bond motifs is 2. The second-order valence-electron chi connectivity index (χ2n) is 5.95. The molecule has 2 atom stereocenters. The number of Topliss-reactive ketones (excluding diaryl/α,β-unsaturated/α-hetero) is 1. The zero-order chi connectivity index (χ0) is 17.4. The summed E-state index contributed by atoms with van der Waals surface area (Å²) < 4.78 is 11.6. The van der Waals surface area contributed by atoms with Gasteiger partial charge in [0.25, 0.3) is 0 Å². The van der Waals surface area contributed by atoms with Gasteiger partial charge in [-0.05, 0) is 12.5 Å². The van der Waals surface area contributed by atoms with Crippen molar-refractivity contribution in [2.75, 3.05) is 6.61 Å². The lowest BCUT2D eigenvalue weighted by molar-refractivity contribution is 0.0395. The molecule has 25 heavy (non-hydrogen) atoms. The SMILES string of the molecule is CCOC1C(=C=O)OC2=C(C(=O)c3ccccc32)C1c1ccccc1. The minimum absolute atomic E-state index is 0.0749. The third-order valence-electron chi connectivity index (χ3n) is 4.60. The number of hydrogen-bond donors (Lipinski definition) is 0. The molecule has 0 aromatic heterocycles. The van der Waals surface area contributed by atoms with Gasteiger partial charge in [-0.2, -0.15) is 0 Å². The Kier molecular flexibility index (Phi) is 3.85. The molecule has 2 aromatic rings. The van der Waals surface area contributed by atoms with Gasteiger partial charge in [0.05, 0.1) is 11.5 Å². The predicted octanol–water partition coefficient (Wildman–Crippen LogP) is 3.53. The number of carbonyl (C=O) groups is 1. The van der Waals surface area contributed by atoms with Crippen molar-refractivity contribution >= 4 is 17.5 Å². The number of hydrogen-bond acceptors (Lipinski definition) is 4. The van der Waals surface area contributed by atoms with Crippen LogP contribution >= 0.6 is 0 Å². The number of carbonyl (C=O) groups excluding carboxylic acids is 2. The third-order valence-corrected chi connectivity index (χ3v) is 4.60. The minimum atomic E-state index is -0.665. The van der Waals surface area contributed by atoms with Gasteiger partial charge in [0.2, 0.25) is 5.76 Å². The summed E-state index contributed by atoms with van der Waals surface area (Å²) in [7, 11) is 0. The quantitative estimate of drug-likeness (QED) is 0.807. The van der Waals surface area contributed by atoms with Crippen LogP contribution in [0.4, 0.5) is 0 Å². The van der Waals surface area contributed by atoms with Gasteiger partial charge >= 0.3 is 0 Å². The van der Waals surface area contributed by atoms with E-state index in [1.807, 2.05) is 61.4 Å². The van der Waals surface area contributed by atoms with Crippen molar-refractivity contribution in [3.05, 3.63) is 82.6 Å². The molecule has 1 aliphatic carbocycles. The third kappa shape index (κ3) is 2.35. The van der Waals surface area contributed by atoms with Crippen molar-refractivity contribution in [1.29, 1.82) is 0 Å². The maximum absolute atomic E-state index is 13.1. The van der Waals surface area contributed by atoms with Crippen LogP contribution in [0.3, 0.4) is 0 Å². The number of ether oxygens (including phenoxy) is 2. The predicted molar refractivity (Wildman–Crippen MR) is 92.6 cm³/mol. The van der Waals surface area contributed by atoms with E-state index in [1.165, 1.54) is 0 Å². The van der Waals surface area contributed by atoms with E-state index in [2.05, 4.69) is 0 Å². The highest BCUT2D eigenvalue weighted by Gasteiger charge is 2.46. The molecule has 4 nitrogen and oxygen atoms in total. The molecule has 2 aromatic carbocycles. The van der Waals surface area contributed by atoms with Crippen LogP contribution < -0.4 is 0 Å². The molecule has 2 unspecified atom stereocenters. The van der Waals surface area contributed by atoms with Crippen molar-refractivity contribution in [2.45, 2.75) is 18.9 Å². The summed E-state index contributed by atoms with van der Waals surface area (Å²) in [5.41, 5.74) is 2.76. The molecular formula is C21H16O4. The van der Waals surface area contributed by atoms with Gasteiger partial charge < -0.3 is 9.47 Å². The van der Waals surface area contributed by atoms with Crippen LogP contribution in [0.1, 0.15) is 34.3 Å². The number of benzene rings is 2. The molecule has 1 aliphatic heterocycles. The molecule has 0 N–H and O–H groups in total. The van der Waals surface area contributed by atoms with Gasteiger partial charge in [-0.25, -0.2) is 4.79 Å². The Bertz CT molecular complexity index is 920. The van der Waals surface area contributed by atoms with Crippen molar-refractivity contribution < 1.29 is 19.1 Å². The molecular weight excluding hydrogens is 316 g/mol. The molecule has 1 heterocycles. The Morgan fingerprint density at radius 3 is 2.40 bits per heavy atom. The van der Waals surface area contributed by atoms with Gasteiger partial charge in [-0.1, -0.05) is 54.6 Å². The molecule has 0 spiro atoms. The molecule has 0 saturated carbocycles. The van der Waals surface area contributed by atoms with Crippen LogP contribution in [-0.2, 0) is 14.3 Å². The summed E-state index contributed by atoms with van der Waals surface area (Å²) in [4.78, 5) is 24.6. The summed E-state index contributed by atoms with van der Waals surface area (Å²) in [5.74, 6) is 1.92. The van der Waals surface area contributed by atoms with E-state index in [0.717, 1.165) is 5.56 Å². The molecule has 0 radical (unpaired) electrons. The fourth-order valence-electron chi connectivity index (χ4n) is 3.57. The highest BCUT2D eigenvalue weighted by Crippen LogP contribution is 2.48. The standard InChI is InChI=1S/C21H16O4/c1-2-24-21-16(12-22)25-20-15-11-7-6-10-14(15)19(23)18(20)17(21)13-8-4-3-5-9-13/h3-11,17,21H,2H2,1H3. The Labute approximate surface area is 145 Å². The lowest BCUT2D eigenvalue weighted by Gasteiger charge is -2.32. The largest absolute Gasteiger partial charge is 0.446 e. The Balaban J connectivity index is 1.95. The fourth-order valence-corrected chi connectivity index (χ4v) is 3.57. The Hall–Kier alpha value is -2.94. The van der Waals surface area contributed by atoms with Crippen LogP contribution in [0, 0.1) is 0 Å². The van der Waals surface area contributed by atoms with E-state index in [-0.39, 0.29) is 11.5 Å². The van der Waals surface area contributed by atoms with Crippen molar-refractivity contribution in [3.8, 4) is 0 Å². The van der Waals surface area contributed by atoms with E-state index in [9.17, 15) is 9.59 Å². The Morgan fingerprint density at radius 2 is 1.72 bits per heavy atom. The van der Waals surface area contributed by atoms with Crippen LogP contribution in [0.5, 0.6) is 0 Å². The molecule has 0 bridgehead atoms. The Morgan fingerprint density at radius 1 is 1.04 bits per heavy atom. The van der Waals surface area contributed by atoms with Crippen LogP contribution in [0.25, 0.3) is 5.76 Å². The normalized spacial score (nSPS) is 21.5. The van der Waals surface area contributed by atoms with Crippen LogP contribution in [0.15, 0.2) is 65.9 Å². The van der Waals surface area contributed by atoms with Crippen molar-refractivity contribution in [3.63, 3.8) is 0 Å². The number of rotatable bonds is 3. The summed E-state index contributed by atoms with van der Waals surface area (Å²) in [6, 6.07) is 16.9. The highest BCUT2D eigenvalue weighted by molar-refractivity contribution is 6.21. The topological polar surface area (TPSA) is 52.6 Å². The molecule has 4 heteroatoms. The molecule has 0 amide bonds. The molecule has 4 rings (SSSR count). The lowest BCUT2D eigenvalue weighted by Crippen LogP contribution is -2.33. The van der Waals surface area contributed by atoms with E-state index >= 15 is 0 Å². The summed E-state index contributed by atoms with van der Waals surface area (Å²) in [6.07, 6.45) is -0.665. The van der Waals surface area contributed by atoms with Crippen molar-refractivity contribution in [1.82, 2.24) is 0 Å². The first kappa shape index (κ1) is 15.6. The summed E-state index contributed by atoms with van der Waals surface area (Å²) in [5, 5.41) is 0. The van der Waals surface area contributed by atoms with E-state index in [4.69, 9.17) is 9.47 Å². The van der Waals surface area contributed by atoms with Gasteiger partial charge in [0.1, 0.15) is 11.9 Å².